The van der Waals surface area contributed by atoms with Crippen molar-refractivity contribution in [2.24, 2.45) is 22.6 Å². The van der Waals surface area contributed by atoms with Crippen molar-refractivity contribution in [3.05, 3.63) is 71.6 Å². The second-order valence-electron chi connectivity index (χ2n) is 41.9. The summed E-state index contributed by atoms with van der Waals surface area (Å²) >= 11 is 16.8. The summed E-state index contributed by atoms with van der Waals surface area (Å²) in [5.41, 5.74) is 9.25. The van der Waals surface area contributed by atoms with Crippen LogP contribution in [0, 0.1) is 11.8 Å². The maximum Gasteiger partial charge on any atom is 0.410 e. The third-order valence-electron chi connectivity index (χ3n) is 21.3. The molecule has 0 aromatic carbocycles. The Labute approximate surface area is 837 Å². The normalized spacial score (nSPS) is 16.9. The fourth-order valence-corrected chi connectivity index (χ4v) is 15.3. The standard InChI is InChI=1S/C21H33N7O3.C20H29N7O2.C16H25N7O.C12H16ClN5O.C9H18N2O2.C7H7ClN4.C5H9NO.C4H5ClO/c1-8-28-16-14(25-17(28)18(29)26-20(2,3)4)15(22-12-23-16)24-13-9-10-27(11-13)19(30)31-21(5,6)7;1-5-27-16-14(24-17(27)18(28)25-20(2,3)4)15(21-11-22-16)23-13-8-9-26(10-13)19(29)12-6-7-12;1-5-23-13-11(21-14(23)15(24)22-16(2,3)4)12(18-9-19-13)20-10-6-7-17-8-10;1-5-18-9-7(8(13)14-6-15-9)16-10(18)11(19)17-12(2,3)4;1-9(2,3)13-8(12)11-5-4-7(10)6-11;1-2-12-4-11-5-6(8)9-3-10-7(5)12;1-5(2,3)6-4-7;5-4(6)3-1-2-3/h12-13H,8-11H2,1-7H3,(H,26,29)(H,22,23,24);11-13H,5-10H2,1-4H3,(H,25,28)(H,21,22,23);9-10,17H,5-8H2,1-4H3,(H,22,24)(H,18,19,20);6H,5H2,1-4H3,(H,17,19);7H,4-6,10H2,1-3H3;3-4H,2H2,1H3;1-3H3;3H,1-2H2/t2*13-;10-;;7-;;;/m000.0.../s1. The molecule has 6 fully saturated rings. The van der Waals surface area contributed by atoms with Crippen LogP contribution in [-0.4, -0.2) is 281 Å². The molecule has 4 aliphatic heterocycles. The third-order valence-corrected chi connectivity index (χ3v) is 22.2. The molecule has 4 atom stereocenters. The van der Waals surface area contributed by atoms with E-state index in [1.165, 1.54) is 37.7 Å². The summed E-state index contributed by atoms with van der Waals surface area (Å²) in [5, 5.41) is 25.8. The van der Waals surface area contributed by atoms with E-state index in [0.717, 1.165) is 89.7 Å². The largest absolute Gasteiger partial charge is 0.444 e. The minimum absolute atomic E-state index is 0.00393. The number of isocyanates is 1. The second kappa shape index (κ2) is 48.1. The molecule has 14 heterocycles. The molecule has 44 nitrogen and oxygen atoms in total. The van der Waals surface area contributed by atoms with Gasteiger partial charge in [0.2, 0.25) is 40.5 Å². The number of halogens is 3. The lowest BCUT2D eigenvalue weighted by Gasteiger charge is -2.24. The maximum atomic E-state index is 12.8. The summed E-state index contributed by atoms with van der Waals surface area (Å²) in [6.45, 7) is 58.6. The topological polar surface area (TPSA) is 534 Å². The highest BCUT2D eigenvalue weighted by Gasteiger charge is 2.39. The van der Waals surface area contributed by atoms with E-state index in [1.807, 2.05) is 194 Å². The Kier molecular flexibility index (Phi) is 38.4. The summed E-state index contributed by atoms with van der Waals surface area (Å²) in [6.07, 6.45) is 17.5. The number of carbonyl (C=O) groups excluding carboxylic acids is 9. The Morgan fingerprint density at radius 3 is 1.07 bits per heavy atom. The van der Waals surface area contributed by atoms with Gasteiger partial charge in [0.1, 0.15) is 53.9 Å². The lowest BCUT2D eigenvalue weighted by molar-refractivity contribution is -0.131. The fourth-order valence-electron chi connectivity index (χ4n) is 14.7. The third kappa shape index (κ3) is 33.2. The molecule has 6 aliphatic rings. The van der Waals surface area contributed by atoms with Crippen molar-refractivity contribution in [3.8, 4) is 0 Å². The predicted molar refractivity (Wildman–Crippen MR) is 542 cm³/mol. The zero-order valence-corrected chi connectivity index (χ0v) is 88.5. The van der Waals surface area contributed by atoms with Gasteiger partial charge < -0.3 is 95.3 Å². The number of rotatable bonds is 17. The van der Waals surface area contributed by atoms with Crippen LogP contribution in [0.5, 0.6) is 0 Å². The lowest BCUT2D eigenvalue weighted by atomic mass is 10.1. The van der Waals surface area contributed by atoms with Crippen LogP contribution in [0.2, 0.25) is 10.3 Å². The Hall–Kier alpha value is -12.1. The van der Waals surface area contributed by atoms with Crippen LogP contribution in [0.4, 0.5) is 27.0 Å². The van der Waals surface area contributed by atoms with E-state index in [0.29, 0.717) is 154 Å². The smallest absolute Gasteiger partial charge is 0.410 e. The molecule has 0 unspecified atom stereocenters. The van der Waals surface area contributed by atoms with Gasteiger partial charge in [-0.15, -0.1) is 0 Å². The molecule has 10 N–H and O–H groups in total. The monoisotopic (exact) mass is 2010 g/mol. The number of imidazole rings is 5. The highest BCUT2D eigenvalue weighted by Crippen LogP contribution is 2.35. The van der Waals surface area contributed by atoms with Crippen LogP contribution in [0.15, 0.2) is 43.0 Å². The predicted octanol–water partition coefficient (Wildman–Crippen LogP) is 12.5. The highest BCUT2D eigenvalue weighted by molar-refractivity contribution is 6.64. The first kappa shape index (κ1) is 112. The van der Waals surface area contributed by atoms with Gasteiger partial charge in [-0.2, -0.15) is 0 Å². The second-order valence-corrected chi connectivity index (χ2v) is 43.0. The van der Waals surface area contributed by atoms with E-state index in [1.54, 1.807) is 29.8 Å². The molecule has 47 heteroatoms. The highest BCUT2D eigenvalue weighted by atomic mass is 35.5. The number of nitrogens with zero attached hydrogens (tertiary/aromatic N) is 24. The average molecular weight is 2020 g/mol. The van der Waals surface area contributed by atoms with Crippen molar-refractivity contribution >= 4 is 161 Å². The zero-order chi connectivity index (χ0) is 104. The summed E-state index contributed by atoms with van der Waals surface area (Å²) in [7, 11) is 0. The number of aromatic nitrogens is 20. The Morgan fingerprint density at radius 2 is 0.759 bits per heavy atom. The Morgan fingerprint density at radius 1 is 0.418 bits per heavy atom. The molecule has 141 heavy (non-hydrogen) atoms. The number of fused-ring (bicyclic) bond motifs is 5. The van der Waals surface area contributed by atoms with E-state index in [-0.39, 0.29) is 110 Å². The molecule has 4 saturated heterocycles. The van der Waals surface area contributed by atoms with Crippen LogP contribution in [0.25, 0.3) is 55.8 Å². The van der Waals surface area contributed by atoms with Crippen molar-refractivity contribution in [3.63, 3.8) is 0 Å². The summed E-state index contributed by atoms with van der Waals surface area (Å²) in [4.78, 5) is 179. The van der Waals surface area contributed by atoms with Crippen LogP contribution >= 0.6 is 34.8 Å². The maximum absolute atomic E-state index is 12.8. The number of anilines is 3. The van der Waals surface area contributed by atoms with Gasteiger partial charge in [0.25, 0.3) is 23.6 Å². The summed E-state index contributed by atoms with van der Waals surface area (Å²) in [6, 6.07) is 0.563. The number of hydrogen-bond acceptors (Lipinski definition) is 32. The number of aliphatic imine (C=N–C) groups is 1. The molecular weight excluding hydrogens is 1870 g/mol. The van der Waals surface area contributed by atoms with E-state index < -0.39 is 11.2 Å². The number of likely N-dealkylation sites (tertiary alicyclic amines) is 3. The van der Waals surface area contributed by atoms with Crippen LogP contribution in [-0.2, 0) is 56.6 Å². The number of nitrogens with one attached hydrogen (secondary N) is 8. The van der Waals surface area contributed by atoms with Gasteiger partial charge in [-0.05, 0) is 250 Å². The van der Waals surface area contributed by atoms with Gasteiger partial charge in [-0.3, -0.25) is 28.8 Å². The number of carbonyl (C=O) groups is 8. The number of ether oxygens (including phenoxy) is 2. The fraction of sp³-hybridized carbons (Fsp3) is 0.638. The Balaban J connectivity index is 0.000000188. The van der Waals surface area contributed by atoms with E-state index >= 15 is 0 Å². The molecule has 0 spiro atoms. The van der Waals surface area contributed by atoms with Gasteiger partial charge in [0.05, 0.1) is 11.9 Å². The van der Waals surface area contributed by atoms with Gasteiger partial charge in [0.15, 0.2) is 72.5 Å². The molecule has 16 rings (SSSR count). The van der Waals surface area contributed by atoms with E-state index in [2.05, 4.69) is 122 Å². The zero-order valence-electron chi connectivity index (χ0n) is 86.2. The van der Waals surface area contributed by atoms with Crippen LogP contribution in [0.3, 0.4) is 0 Å². The first-order valence-corrected chi connectivity index (χ1v) is 49.0. The minimum atomic E-state index is -0.529. The van der Waals surface area contributed by atoms with Gasteiger partial charge >= 0.3 is 12.2 Å². The van der Waals surface area contributed by atoms with Crippen molar-refractivity contribution in [2.75, 3.05) is 68.3 Å². The van der Waals surface area contributed by atoms with Crippen molar-refractivity contribution < 1.29 is 52.6 Å². The SMILES string of the molecule is CC(C)(C)N=C=O.CC(C)(C)OC(=O)N1CC[C@H](N)C1.CCn1c(C(=O)NC(C)(C)C)nc2c(Cl)ncnc21.CCn1c(C(=O)NC(C)(C)C)nc2c(N[C@H]3CCN(C(=O)C4CC4)C3)ncnc21.CCn1c(C(=O)NC(C)(C)C)nc2c(N[C@H]3CCN(C(=O)OC(C)(C)C)C3)ncnc21.CCn1c(C(=O)NC(C)(C)C)nc2c(N[C@H]3CCNC3)ncnc21.CCn1cnc2c(Cl)ncnc21.O=C(Cl)C1CC1. The van der Waals surface area contributed by atoms with Gasteiger partial charge in [-0.1, -0.05) is 23.2 Å². The van der Waals surface area contributed by atoms with Gasteiger partial charge in [0, 0.05) is 137 Å². The molecule has 10 aromatic rings. The molecule has 10 aromatic heterocycles. The average Bonchev–Trinajstić information content (AvgIpc) is 1.55. The first-order valence-electron chi connectivity index (χ1n) is 47.8. The molecule has 2 aliphatic carbocycles. The van der Waals surface area contributed by atoms with Crippen LogP contribution < -0.4 is 48.3 Å². The molecule has 7 amide bonds. The minimum Gasteiger partial charge on any atom is -0.444 e. The summed E-state index contributed by atoms with van der Waals surface area (Å²) in [5.74, 6) is 2.97. The number of nitrogens with two attached hydrogens (primary N) is 1. The van der Waals surface area contributed by atoms with E-state index in [9.17, 15) is 43.2 Å². The molecule has 2 saturated carbocycles. The van der Waals surface area contributed by atoms with E-state index in [4.69, 9.17) is 50.0 Å². The number of amides is 7. The van der Waals surface area contributed by atoms with Crippen molar-refractivity contribution in [2.45, 2.75) is 327 Å². The molecule has 770 valence electrons. The van der Waals surface area contributed by atoms with Crippen molar-refractivity contribution in [1.29, 1.82) is 0 Å². The molecular formula is C94H142Cl3N33O11. The van der Waals surface area contributed by atoms with Gasteiger partial charge in [-0.25, -0.2) is 94.1 Å². The Bertz CT molecular complexity index is 6060. The molecule has 0 bridgehead atoms. The number of aryl methyl sites for hydroxylation is 5. The first-order chi connectivity index (χ1) is 65.9. The lowest BCUT2D eigenvalue weighted by Crippen LogP contribution is -2.41. The van der Waals surface area contributed by atoms with Crippen LogP contribution in [0.1, 0.15) is 274 Å². The summed E-state index contributed by atoms with van der Waals surface area (Å²) < 4.78 is 19.7. The quantitative estimate of drug-likeness (QED) is 0.0177. The molecule has 0 radical (unpaired) electrons. The number of hydrogen-bond donors (Lipinski definition) is 9. The van der Waals surface area contributed by atoms with Crippen molar-refractivity contribution in [1.82, 2.24) is 139 Å².